The Bertz CT molecular complexity index is 1210. The lowest BCUT2D eigenvalue weighted by atomic mass is 9.93. The lowest BCUT2D eigenvalue weighted by Gasteiger charge is -2.19. The second kappa shape index (κ2) is 11.1. The van der Waals surface area contributed by atoms with Crippen molar-refractivity contribution in [2.75, 3.05) is 0 Å². The van der Waals surface area contributed by atoms with E-state index in [1.165, 1.54) is 18.2 Å². The number of allylic oxidation sites excluding steroid dienone is 1. The number of rotatable bonds is 7. The molecule has 1 N–H and O–H groups in total. The Kier molecular flexibility index (Phi) is 8.39. The number of nitrogens with zero attached hydrogens (tertiary/aromatic N) is 1. The van der Waals surface area contributed by atoms with Gasteiger partial charge in [-0.05, 0) is 78.8 Å². The third-order valence-corrected chi connectivity index (χ3v) is 6.39. The number of benzene rings is 2. The van der Waals surface area contributed by atoms with Gasteiger partial charge in [-0.1, -0.05) is 54.1 Å². The molecule has 2 aromatic carbocycles. The second-order valence-electron chi connectivity index (χ2n) is 8.77. The van der Waals surface area contributed by atoms with Crippen LogP contribution in [0.5, 0.6) is 0 Å². The maximum Gasteiger partial charge on any atom is 0.399 e. The van der Waals surface area contributed by atoms with Gasteiger partial charge in [0.05, 0.1) is 12.3 Å². The van der Waals surface area contributed by atoms with Crippen molar-refractivity contribution in [3.63, 3.8) is 0 Å². The molecule has 0 aliphatic carbocycles. The van der Waals surface area contributed by atoms with Gasteiger partial charge in [0, 0.05) is 23.5 Å². The molecule has 35 heavy (non-hydrogen) atoms. The Morgan fingerprint density at radius 2 is 1.80 bits per heavy atom. The molecule has 0 aliphatic heterocycles. The third kappa shape index (κ3) is 7.18. The van der Waals surface area contributed by atoms with E-state index in [1.54, 1.807) is 26.1 Å². The lowest BCUT2D eigenvalue weighted by Crippen LogP contribution is -2.25. The molecule has 0 bridgehead atoms. The largest absolute Gasteiger partial charge is 0.399 e. The molecule has 0 saturated carbocycles. The highest BCUT2D eigenvalue weighted by molar-refractivity contribution is 6.31. The highest BCUT2D eigenvalue weighted by Crippen LogP contribution is 2.38. The smallest absolute Gasteiger partial charge is 0.352 e. The van der Waals surface area contributed by atoms with E-state index < -0.39 is 12.1 Å². The number of amides is 1. The zero-order chi connectivity index (χ0) is 25.8. The molecular weight excluding hydrogens is 473 g/mol. The third-order valence-electron chi connectivity index (χ3n) is 6.00. The average molecular weight is 501 g/mol. The lowest BCUT2D eigenvalue weighted by molar-refractivity contribution is -0.139. The van der Waals surface area contributed by atoms with Crippen molar-refractivity contribution >= 4 is 23.6 Å². The molecule has 3 rings (SSSR count). The summed E-state index contributed by atoms with van der Waals surface area (Å²) in [7, 11) is 0. The van der Waals surface area contributed by atoms with Gasteiger partial charge in [-0.2, -0.15) is 13.2 Å². The molecule has 3 nitrogen and oxygen atoms in total. The quantitative estimate of drug-likeness (QED) is 0.373. The van der Waals surface area contributed by atoms with Gasteiger partial charge in [0.1, 0.15) is 0 Å². The molecule has 1 atom stereocenters. The first-order chi connectivity index (χ1) is 16.4. The molecule has 1 unspecified atom stereocenters. The fourth-order valence-electron chi connectivity index (χ4n) is 3.70. The number of aromatic nitrogens is 1. The van der Waals surface area contributed by atoms with Crippen molar-refractivity contribution in [2.45, 2.75) is 52.8 Å². The molecule has 7 heteroatoms. The van der Waals surface area contributed by atoms with Gasteiger partial charge in [-0.3, -0.25) is 9.78 Å². The maximum absolute atomic E-state index is 13.8. The van der Waals surface area contributed by atoms with Crippen LogP contribution in [0.25, 0.3) is 6.08 Å². The van der Waals surface area contributed by atoms with Crippen LogP contribution in [0.1, 0.15) is 50.6 Å². The molecule has 1 aromatic heterocycles. The zero-order valence-electron chi connectivity index (χ0n) is 20.1. The minimum absolute atomic E-state index is 0.113. The Hall–Kier alpha value is -3.12. The normalized spacial score (nSPS) is 12.7. The molecule has 1 amide bonds. The predicted molar refractivity (Wildman–Crippen MR) is 134 cm³/mol. The van der Waals surface area contributed by atoms with Gasteiger partial charge in [-0.15, -0.1) is 0 Å². The highest BCUT2D eigenvalue weighted by atomic mass is 35.5. The van der Waals surface area contributed by atoms with Crippen molar-refractivity contribution in [3.8, 4) is 0 Å². The van der Waals surface area contributed by atoms with Gasteiger partial charge in [-0.25, -0.2) is 0 Å². The summed E-state index contributed by atoms with van der Waals surface area (Å²) in [6, 6.07) is 12.0. The van der Waals surface area contributed by atoms with Gasteiger partial charge in [0.2, 0.25) is 5.91 Å². The van der Waals surface area contributed by atoms with E-state index in [-0.39, 0.29) is 17.9 Å². The van der Waals surface area contributed by atoms with Gasteiger partial charge in [0.15, 0.2) is 0 Å². The van der Waals surface area contributed by atoms with Crippen molar-refractivity contribution in [2.24, 2.45) is 0 Å². The van der Waals surface area contributed by atoms with Gasteiger partial charge < -0.3 is 5.32 Å². The first kappa shape index (κ1) is 26.5. The summed E-state index contributed by atoms with van der Waals surface area (Å²) in [6.07, 6.45) is 0.0941. The number of alkyl halides is 3. The van der Waals surface area contributed by atoms with E-state index in [4.69, 9.17) is 11.6 Å². The molecule has 0 saturated heterocycles. The van der Waals surface area contributed by atoms with E-state index in [9.17, 15) is 18.0 Å². The average Bonchev–Trinajstić information content (AvgIpc) is 2.77. The number of hydrogen-bond donors (Lipinski definition) is 1. The Labute approximate surface area is 209 Å². The summed E-state index contributed by atoms with van der Waals surface area (Å²) in [4.78, 5) is 16.4. The fraction of sp³-hybridized carbons (Fsp3) is 0.286. The maximum atomic E-state index is 13.8. The van der Waals surface area contributed by atoms with E-state index in [0.717, 1.165) is 39.6 Å². The number of carbonyl (C=O) groups excluding carboxylic acids is 1. The van der Waals surface area contributed by atoms with Crippen LogP contribution in [-0.2, 0) is 17.8 Å². The molecular formula is C28H28ClF3N2O. The summed E-state index contributed by atoms with van der Waals surface area (Å²) in [5.41, 5.74) is 5.74. The van der Waals surface area contributed by atoms with E-state index in [2.05, 4.69) is 10.3 Å². The Balaban J connectivity index is 1.70. The van der Waals surface area contributed by atoms with Gasteiger partial charge >= 0.3 is 6.18 Å². The van der Waals surface area contributed by atoms with E-state index >= 15 is 0 Å². The summed E-state index contributed by atoms with van der Waals surface area (Å²) in [6.45, 7) is 7.62. The number of halogens is 4. The molecule has 1 heterocycles. The Morgan fingerprint density at radius 1 is 1.06 bits per heavy atom. The molecule has 184 valence electrons. The van der Waals surface area contributed by atoms with Crippen molar-refractivity contribution in [1.82, 2.24) is 10.3 Å². The minimum Gasteiger partial charge on any atom is -0.352 e. The van der Waals surface area contributed by atoms with Crippen LogP contribution in [0.2, 0.25) is 5.02 Å². The summed E-state index contributed by atoms with van der Waals surface area (Å²) in [5.74, 6) is -1.89. The number of carbonyl (C=O) groups is 1. The van der Waals surface area contributed by atoms with Crippen LogP contribution in [0.4, 0.5) is 13.2 Å². The SMILES string of the molecule is Cc1ccc(CC(=O)NCc2ccc(/C=C/C(c3cc(C)c(C)c(Cl)c3)C(F)(F)F)cc2C)cn1. The van der Waals surface area contributed by atoms with Crippen molar-refractivity contribution < 1.29 is 18.0 Å². The van der Waals surface area contributed by atoms with Crippen LogP contribution in [0.15, 0.2) is 54.7 Å². The molecule has 0 radical (unpaired) electrons. The predicted octanol–water partition coefficient (Wildman–Crippen LogP) is 7.19. The van der Waals surface area contributed by atoms with Crippen LogP contribution >= 0.6 is 11.6 Å². The highest BCUT2D eigenvalue weighted by Gasteiger charge is 2.39. The number of pyridine rings is 1. The fourth-order valence-corrected chi connectivity index (χ4v) is 3.98. The molecule has 0 aliphatic rings. The summed E-state index contributed by atoms with van der Waals surface area (Å²) in [5, 5.41) is 3.21. The van der Waals surface area contributed by atoms with Crippen molar-refractivity contribution in [1.29, 1.82) is 0 Å². The number of aryl methyl sites for hydroxylation is 3. The zero-order valence-corrected chi connectivity index (χ0v) is 20.9. The molecule has 0 spiro atoms. The number of nitrogens with one attached hydrogen (secondary N) is 1. The molecule has 3 aromatic rings. The van der Waals surface area contributed by atoms with Crippen LogP contribution in [0.3, 0.4) is 0 Å². The molecule has 0 fully saturated rings. The first-order valence-corrected chi connectivity index (χ1v) is 11.6. The van der Waals surface area contributed by atoms with Crippen LogP contribution < -0.4 is 5.32 Å². The van der Waals surface area contributed by atoms with E-state index in [1.807, 2.05) is 38.1 Å². The Morgan fingerprint density at radius 3 is 2.40 bits per heavy atom. The first-order valence-electron chi connectivity index (χ1n) is 11.2. The number of hydrogen-bond acceptors (Lipinski definition) is 2. The van der Waals surface area contributed by atoms with Crippen molar-refractivity contribution in [3.05, 3.63) is 104 Å². The summed E-state index contributed by atoms with van der Waals surface area (Å²) >= 11 is 6.15. The second-order valence-corrected chi connectivity index (χ2v) is 9.18. The monoisotopic (exact) mass is 500 g/mol. The van der Waals surface area contributed by atoms with Crippen LogP contribution in [-0.4, -0.2) is 17.1 Å². The van der Waals surface area contributed by atoms with Gasteiger partial charge in [0.25, 0.3) is 0 Å². The van der Waals surface area contributed by atoms with Crippen LogP contribution in [0, 0.1) is 27.7 Å². The summed E-state index contributed by atoms with van der Waals surface area (Å²) < 4.78 is 41.5. The standard InChI is InChI=1S/C28H28ClF3N2O/c1-17-12-24(14-26(29)20(17)4)25(28(30,31)32)10-8-21-7-9-23(18(2)11-21)16-34-27(35)13-22-6-5-19(3)33-15-22/h5-12,14-15,25H,13,16H2,1-4H3,(H,34,35)/b10-8+. The van der Waals surface area contributed by atoms with E-state index in [0.29, 0.717) is 17.1 Å². The topological polar surface area (TPSA) is 42.0 Å². The minimum atomic E-state index is -4.45.